The molecule has 6 heteroatoms. The van der Waals surface area contributed by atoms with Crippen molar-refractivity contribution in [3.63, 3.8) is 0 Å². The summed E-state index contributed by atoms with van der Waals surface area (Å²) in [6.07, 6.45) is 4.81. The molecular formula is C20H27N3O3. The SMILES string of the molecule is C#Cc1ccc(CNC(=O)C2C[C@H](O)CN2C(=O)C(N)C(C)(C)C)cc1. The van der Waals surface area contributed by atoms with Gasteiger partial charge in [0.05, 0.1) is 12.1 Å². The summed E-state index contributed by atoms with van der Waals surface area (Å²) < 4.78 is 0. The number of nitrogens with one attached hydrogen (secondary N) is 1. The Morgan fingerprint density at radius 2 is 2.00 bits per heavy atom. The number of rotatable bonds is 4. The molecule has 0 aliphatic carbocycles. The molecule has 1 saturated heterocycles. The van der Waals surface area contributed by atoms with Crippen LogP contribution < -0.4 is 11.1 Å². The van der Waals surface area contributed by atoms with Gasteiger partial charge in [0.25, 0.3) is 0 Å². The molecule has 0 radical (unpaired) electrons. The van der Waals surface area contributed by atoms with E-state index in [0.29, 0.717) is 6.54 Å². The number of aliphatic hydroxyl groups excluding tert-OH is 1. The fraction of sp³-hybridized carbons (Fsp3) is 0.500. The molecule has 3 atom stereocenters. The maximum absolute atomic E-state index is 12.7. The Hall–Kier alpha value is -2.36. The summed E-state index contributed by atoms with van der Waals surface area (Å²) in [6.45, 7) is 6.06. The molecule has 2 amide bonds. The van der Waals surface area contributed by atoms with Crippen LogP contribution in [0.5, 0.6) is 0 Å². The van der Waals surface area contributed by atoms with E-state index in [2.05, 4.69) is 11.2 Å². The number of β-amino-alcohol motifs (C(OH)–C–C–N with tert-alkyl or cyclic N) is 1. The largest absolute Gasteiger partial charge is 0.391 e. The van der Waals surface area contributed by atoms with E-state index in [0.717, 1.165) is 11.1 Å². The van der Waals surface area contributed by atoms with E-state index in [1.807, 2.05) is 32.9 Å². The van der Waals surface area contributed by atoms with Gasteiger partial charge < -0.3 is 21.1 Å². The monoisotopic (exact) mass is 357 g/mol. The average Bonchev–Trinajstić information content (AvgIpc) is 2.99. The highest BCUT2D eigenvalue weighted by Gasteiger charge is 2.42. The molecule has 0 saturated carbocycles. The van der Waals surface area contributed by atoms with Crippen molar-refractivity contribution in [1.82, 2.24) is 10.2 Å². The number of amides is 2. The first kappa shape index (κ1) is 20.0. The number of hydrogen-bond acceptors (Lipinski definition) is 4. The maximum atomic E-state index is 12.7. The van der Waals surface area contributed by atoms with Gasteiger partial charge in [-0.05, 0) is 23.1 Å². The van der Waals surface area contributed by atoms with Gasteiger partial charge in [-0.2, -0.15) is 0 Å². The molecular weight excluding hydrogens is 330 g/mol. The van der Waals surface area contributed by atoms with Gasteiger partial charge in [-0.25, -0.2) is 0 Å². The van der Waals surface area contributed by atoms with Crippen molar-refractivity contribution in [3.05, 3.63) is 35.4 Å². The third kappa shape index (κ3) is 4.63. The van der Waals surface area contributed by atoms with Crippen molar-refractivity contribution in [3.8, 4) is 12.3 Å². The van der Waals surface area contributed by atoms with Gasteiger partial charge in [0, 0.05) is 25.1 Å². The Morgan fingerprint density at radius 1 is 1.38 bits per heavy atom. The predicted molar refractivity (Wildman–Crippen MR) is 99.8 cm³/mol. The van der Waals surface area contributed by atoms with Gasteiger partial charge in [-0.1, -0.05) is 38.8 Å². The molecule has 6 nitrogen and oxygen atoms in total. The molecule has 0 spiro atoms. The standard InChI is InChI=1S/C20H27N3O3/c1-5-13-6-8-14(9-7-13)11-22-18(25)16-10-15(24)12-23(16)19(26)17(21)20(2,3)4/h1,6-9,15-17,24H,10-12,21H2,2-4H3,(H,22,25)/t15-,16?,17?/m0/s1. The fourth-order valence-electron chi connectivity index (χ4n) is 2.88. The minimum Gasteiger partial charge on any atom is -0.391 e. The number of likely N-dealkylation sites (tertiary alicyclic amines) is 1. The summed E-state index contributed by atoms with van der Waals surface area (Å²) in [7, 11) is 0. The van der Waals surface area contributed by atoms with Gasteiger partial charge in [-0.15, -0.1) is 6.42 Å². The van der Waals surface area contributed by atoms with Crippen molar-refractivity contribution in [1.29, 1.82) is 0 Å². The fourth-order valence-corrected chi connectivity index (χ4v) is 2.88. The topological polar surface area (TPSA) is 95.7 Å². The molecule has 140 valence electrons. The Morgan fingerprint density at radius 3 is 2.54 bits per heavy atom. The lowest BCUT2D eigenvalue weighted by Gasteiger charge is -2.32. The van der Waals surface area contributed by atoms with Crippen molar-refractivity contribution < 1.29 is 14.7 Å². The second-order valence-electron chi connectivity index (χ2n) is 7.80. The van der Waals surface area contributed by atoms with E-state index >= 15 is 0 Å². The second-order valence-corrected chi connectivity index (χ2v) is 7.80. The zero-order valence-electron chi connectivity index (χ0n) is 15.5. The quantitative estimate of drug-likeness (QED) is 0.689. The third-order valence-corrected chi connectivity index (χ3v) is 4.65. The molecule has 26 heavy (non-hydrogen) atoms. The van der Waals surface area contributed by atoms with Crippen LogP contribution in [0.25, 0.3) is 0 Å². The Kier molecular flexibility index (Phi) is 6.06. The zero-order valence-corrected chi connectivity index (χ0v) is 15.5. The summed E-state index contributed by atoms with van der Waals surface area (Å²) >= 11 is 0. The van der Waals surface area contributed by atoms with Crippen LogP contribution in [0.1, 0.15) is 38.3 Å². The normalized spacial score (nSPS) is 21.2. The first-order chi connectivity index (χ1) is 12.1. The smallest absolute Gasteiger partial charge is 0.243 e. The van der Waals surface area contributed by atoms with Gasteiger partial charge >= 0.3 is 0 Å². The van der Waals surface area contributed by atoms with Gasteiger partial charge in [0.15, 0.2) is 0 Å². The van der Waals surface area contributed by atoms with E-state index in [-0.39, 0.29) is 24.8 Å². The molecule has 1 heterocycles. The minimum atomic E-state index is -0.737. The Bertz CT molecular complexity index is 700. The number of carbonyl (C=O) groups is 2. The first-order valence-electron chi connectivity index (χ1n) is 8.71. The number of nitrogens with two attached hydrogens (primary N) is 1. The van der Waals surface area contributed by atoms with Gasteiger partial charge in [0.1, 0.15) is 6.04 Å². The summed E-state index contributed by atoms with van der Waals surface area (Å²) in [5.74, 6) is 1.93. The summed E-state index contributed by atoms with van der Waals surface area (Å²) in [5.41, 5.74) is 7.30. The molecule has 1 aromatic carbocycles. The van der Waals surface area contributed by atoms with Crippen LogP contribution in [0.4, 0.5) is 0 Å². The Labute approximate surface area is 154 Å². The second kappa shape index (κ2) is 7.90. The van der Waals surface area contributed by atoms with Crippen LogP contribution in [0.3, 0.4) is 0 Å². The molecule has 1 aromatic rings. The van der Waals surface area contributed by atoms with Gasteiger partial charge in [0.2, 0.25) is 11.8 Å². The highest BCUT2D eigenvalue weighted by molar-refractivity contribution is 5.90. The summed E-state index contributed by atoms with van der Waals surface area (Å²) in [6, 6.07) is 5.85. The number of aliphatic hydroxyl groups is 1. The molecule has 2 rings (SSSR count). The predicted octanol–water partition coefficient (Wildman–Crippen LogP) is 0.619. The number of carbonyl (C=O) groups excluding carboxylic acids is 2. The van der Waals surface area contributed by atoms with Crippen molar-refractivity contribution in [2.75, 3.05) is 6.54 Å². The first-order valence-corrected chi connectivity index (χ1v) is 8.71. The minimum absolute atomic E-state index is 0.123. The lowest BCUT2D eigenvalue weighted by molar-refractivity contribution is -0.141. The number of benzene rings is 1. The average molecular weight is 357 g/mol. The number of terminal acetylenes is 1. The zero-order chi connectivity index (χ0) is 19.5. The highest BCUT2D eigenvalue weighted by Crippen LogP contribution is 2.24. The third-order valence-electron chi connectivity index (χ3n) is 4.65. The van der Waals surface area contributed by atoms with Crippen LogP contribution >= 0.6 is 0 Å². The van der Waals surface area contributed by atoms with Gasteiger partial charge in [-0.3, -0.25) is 9.59 Å². The van der Waals surface area contributed by atoms with Crippen LogP contribution in [0.2, 0.25) is 0 Å². The van der Waals surface area contributed by atoms with E-state index in [1.165, 1.54) is 4.90 Å². The molecule has 2 unspecified atom stereocenters. The summed E-state index contributed by atoms with van der Waals surface area (Å²) in [5, 5.41) is 12.8. The lowest BCUT2D eigenvalue weighted by atomic mass is 9.86. The molecule has 0 aromatic heterocycles. The maximum Gasteiger partial charge on any atom is 0.243 e. The van der Waals surface area contributed by atoms with Crippen molar-refractivity contribution in [2.45, 2.75) is 51.9 Å². The lowest BCUT2D eigenvalue weighted by Crippen LogP contribution is -2.54. The highest BCUT2D eigenvalue weighted by atomic mass is 16.3. The molecule has 1 aliphatic rings. The van der Waals surface area contributed by atoms with Crippen molar-refractivity contribution in [2.24, 2.45) is 11.1 Å². The molecule has 4 N–H and O–H groups in total. The molecule has 1 aliphatic heterocycles. The van der Waals surface area contributed by atoms with Crippen LogP contribution in [-0.2, 0) is 16.1 Å². The number of nitrogens with zero attached hydrogens (tertiary/aromatic N) is 1. The Balaban J connectivity index is 2.03. The van der Waals surface area contributed by atoms with Crippen LogP contribution in [0.15, 0.2) is 24.3 Å². The van der Waals surface area contributed by atoms with Crippen molar-refractivity contribution >= 4 is 11.8 Å². The van der Waals surface area contributed by atoms with E-state index < -0.39 is 23.6 Å². The van der Waals surface area contributed by atoms with E-state index in [4.69, 9.17) is 12.2 Å². The van der Waals surface area contributed by atoms with E-state index in [9.17, 15) is 14.7 Å². The van der Waals surface area contributed by atoms with E-state index in [1.54, 1.807) is 12.1 Å². The van der Waals surface area contributed by atoms with Crippen LogP contribution in [-0.4, -0.2) is 46.6 Å². The molecule has 0 bridgehead atoms. The molecule has 1 fully saturated rings. The summed E-state index contributed by atoms with van der Waals surface area (Å²) in [4.78, 5) is 26.7. The van der Waals surface area contributed by atoms with Crippen LogP contribution in [0, 0.1) is 17.8 Å². The number of hydrogen-bond donors (Lipinski definition) is 3.